The van der Waals surface area contributed by atoms with Gasteiger partial charge >= 0.3 is 12.0 Å². The molecule has 1 aromatic carbocycles. The maximum absolute atomic E-state index is 11.5. The predicted octanol–water partition coefficient (Wildman–Crippen LogP) is 1.81. The summed E-state index contributed by atoms with van der Waals surface area (Å²) in [6.07, 6.45) is 0. The molecule has 2 amide bonds. The van der Waals surface area contributed by atoms with E-state index in [0.29, 0.717) is 5.02 Å². The van der Waals surface area contributed by atoms with Crippen LogP contribution in [0.2, 0.25) is 5.02 Å². The molecule has 0 saturated carbocycles. The standard InChI is InChI=1S/C11H10ClN3O3/c1-6(10(16)17)14-11(18)15-9-4-8(12)3-2-7(9)5-13/h2-4,6H,1H3,(H,16,17)(H2,14,15,18). The number of aliphatic carboxylic acids is 1. The van der Waals surface area contributed by atoms with Crippen LogP contribution < -0.4 is 10.6 Å². The van der Waals surface area contributed by atoms with Crippen molar-refractivity contribution >= 4 is 29.3 Å². The zero-order valence-electron chi connectivity index (χ0n) is 9.40. The van der Waals surface area contributed by atoms with Gasteiger partial charge in [0.05, 0.1) is 11.3 Å². The molecule has 18 heavy (non-hydrogen) atoms. The summed E-state index contributed by atoms with van der Waals surface area (Å²) in [7, 11) is 0. The SMILES string of the molecule is CC(NC(=O)Nc1cc(Cl)ccc1C#N)C(=O)O. The second-order valence-electron chi connectivity index (χ2n) is 3.46. The quantitative estimate of drug-likeness (QED) is 0.777. The average molecular weight is 268 g/mol. The second kappa shape index (κ2) is 5.89. The summed E-state index contributed by atoms with van der Waals surface area (Å²) in [5.74, 6) is -1.16. The van der Waals surface area contributed by atoms with E-state index in [1.807, 2.05) is 6.07 Å². The Hall–Kier alpha value is -2.26. The Morgan fingerprint density at radius 1 is 1.50 bits per heavy atom. The molecule has 0 heterocycles. The van der Waals surface area contributed by atoms with Crippen LogP contribution in [0.5, 0.6) is 0 Å². The van der Waals surface area contributed by atoms with E-state index in [1.165, 1.54) is 25.1 Å². The third-order valence-electron chi connectivity index (χ3n) is 2.07. The molecule has 0 fully saturated rings. The second-order valence-corrected chi connectivity index (χ2v) is 3.90. The molecular weight excluding hydrogens is 258 g/mol. The van der Waals surface area contributed by atoms with Gasteiger partial charge in [0.1, 0.15) is 12.1 Å². The average Bonchev–Trinajstić information content (AvgIpc) is 2.28. The van der Waals surface area contributed by atoms with E-state index in [4.69, 9.17) is 22.0 Å². The highest BCUT2D eigenvalue weighted by Gasteiger charge is 2.14. The molecule has 6 nitrogen and oxygen atoms in total. The van der Waals surface area contributed by atoms with Crippen molar-refractivity contribution in [2.75, 3.05) is 5.32 Å². The molecule has 3 N–H and O–H groups in total. The Balaban J connectivity index is 2.79. The van der Waals surface area contributed by atoms with E-state index in [2.05, 4.69) is 10.6 Å². The number of nitriles is 1. The molecule has 1 aromatic rings. The van der Waals surface area contributed by atoms with Gasteiger partial charge < -0.3 is 15.7 Å². The Morgan fingerprint density at radius 2 is 2.17 bits per heavy atom. The van der Waals surface area contributed by atoms with E-state index >= 15 is 0 Å². The molecule has 1 atom stereocenters. The van der Waals surface area contributed by atoms with Gasteiger partial charge in [-0.05, 0) is 25.1 Å². The van der Waals surface area contributed by atoms with Crippen molar-refractivity contribution in [2.24, 2.45) is 0 Å². The van der Waals surface area contributed by atoms with Gasteiger partial charge in [0.15, 0.2) is 0 Å². The van der Waals surface area contributed by atoms with Crippen LogP contribution in [0, 0.1) is 11.3 Å². The number of amides is 2. The molecule has 0 aliphatic heterocycles. The fourth-order valence-corrected chi connectivity index (χ4v) is 1.31. The van der Waals surface area contributed by atoms with Crippen molar-refractivity contribution in [1.82, 2.24) is 5.32 Å². The van der Waals surface area contributed by atoms with Gasteiger partial charge in [-0.25, -0.2) is 4.79 Å². The van der Waals surface area contributed by atoms with Crippen LogP contribution in [0.1, 0.15) is 12.5 Å². The third kappa shape index (κ3) is 3.64. The smallest absolute Gasteiger partial charge is 0.325 e. The minimum Gasteiger partial charge on any atom is -0.480 e. The lowest BCUT2D eigenvalue weighted by atomic mass is 10.2. The van der Waals surface area contributed by atoms with Crippen molar-refractivity contribution in [3.05, 3.63) is 28.8 Å². The number of carboxylic acids is 1. The van der Waals surface area contributed by atoms with Crippen LogP contribution in [-0.2, 0) is 4.79 Å². The number of urea groups is 1. The summed E-state index contributed by atoms with van der Waals surface area (Å²) in [6, 6.07) is 4.52. The van der Waals surface area contributed by atoms with Crippen molar-refractivity contribution in [3.63, 3.8) is 0 Å². The number of halogens is 1. The zero-order valence-corrected chi connectivity index (χ0v) is 10.2. The van der Waals surface area contributed by atoms with Crippen LogP contribution in [-0.4, -0.2) is 23.1 Å². The fourth-order valence-electron chi connectivity index (χ4n) is 1.13. The Labute approximate surface area is 108 Å². The molecule has 0 radical (unpaired) electrons. The van der Waals surface area contributed by atoms with E-state index in [1.54, 1.807) is 0 Å². The molecule has 0 saturated heterocycles. The van der Waals surface area contributed by atoms with Gasteiger partial charge in [0.2, 0.25) is 0 Å². The molecule has 1 unspecified atom stereocenters. The first-order valence-electron chi connectivity index (χ1n) is 4.94. The summed E-state index contributed by atoms with van der Waals surface area (Å²) < 4.78 is 0. The van der Waals surface area contributed by atoms with E-state index in [9.17, 15) is 9.59 Å². The van der Waals surface area contributed by atoms with Crippen molar-refractivity contribution in [3.8, 4) is 6.07 Å². The number of anilines is 1. The van der Waals surface area contributed by atoms with Gasteiger partial charge in [-0.1, -0.05) is 11.6 Å². The lowest BCUT2D eigenvalue weighted by Crippen LogP contribution is -2.40. The van der Waals surface area contributed by atoms with Crippen LogP contribution in [0.3, 0.4) is 0 Å². The number of rotatable bonds is 3. The Kier molecular flexibility index (Phi) is 4.52. The van der Waals surface area contributed by atoms with Gasteiger partial charge in [-0.2, -0.15) is 5.26 Å². The molecule has 0 bridgehead atoms. The fraction of sp³-hybridized carbons (Fsp3) is 0.182. The molecule has 0 spiro atoms. The maximum atomic E-state index is 11.5. The highest BCUT2D eigenvalue weighted by atomic mass is 35.5. The normalized spacial score (nSPS) is 11.2. The maximum Gasteiger partial charge on any atom is 0.325 e. The molecule has 94 valence electrons. The monoisotopic (exact) mass is 267 g/mol. The first-order chi connectivity index (χ1) is 8.43. The summed E-state index contributed by atoms with van der Waals surface area (Å²) in [4.78, 5) is 22.0. The number of hydrogen-bond donors (Lipinski definition) is 3. The minimum atomic E-state index is -1.16. The molecule has 0 aliphatic rings. The molecular formula is C11H10ClN3O3. The van der Waals surface area contributed by atoms with Gasteiger partial charge in [0, 0.05) is 5.02 Å². The van der Waals surface area contributed by atoms with Crippen molar-refractivity contribution < 1.29 is 14.7 Å². The number of nitrogens with one attached hydrogen (secondary N) is 2. The van der Waals surface area contributed by atoms with Crippen LogP contribution in [0.25, 0.3) is 0 Å². The van der Waals surface area contributed by atoms with Crippen molar-refractivity contribution in [2.45, 2.75) is 13.0 Å². The highest BCUT2D eigenvalue weighted by Crippen LogP contribution is 2.20. The number of benzene rings is 1. The topological polar surface area (TPSA) is 102 Å². The van der Waals surface area contributed by atoms with Crippen LogP contribution in [0.4, 0.5) is 10.5 Å². The Morgan fingerprint density at radius 3 is 2.72 bits per heavy atom. The minimum absolute atomic E-state index is 0.222. The third-order valence-corrected chi connectivity index (χ3v) is 2.30. The van der Waals surface area contributed by atoms with Crippen LogP contribution >= 0.6 is 11.6 Å². The number of carbonyl (C=O) groups excluding carboxylic acids is 1. The van der Waals surface area contributed by atoms with E-state index < -0.39 is 18.0 Å². The van der Waals surface area contributed by atoms with Gasteiger partial charge in [-0.3, -0.25) is 4.79 Å². The summed E-state index contributed by atoms with van der Waals surface area (Å²) >= 11 is 5.74. The molecule has 0 aliphatic carbocycles. The largest absolute Gasteiger partial charge is 0.480 e. The molecule has 0 aromatic heterocycles. The van der Waals surface area contributed by atoms with Gasteiger partial charge in [-0.15, -0.1) is 0 Å². The molecule has 1 rings (SSSR count). The lowest BCUT2D eigenvalue weighted by molar-refractivity contribution is -0.138. The number of nitrogens with zero attached hydrogens (tertiary/aromatic N) is 1. The zero-order chi connectivity index (χ0) is 13.7. The number of carboxylic acid groups (broad SMARTS) is 1. The first kappa shape index (κ1) is 13.8. The number of hydrogen-bond acceptors (Lipinski definition) is 3. The highest BCUT2D eigenvalue weighted by molar-refractivity contribution is 6.31. The lowest BCUT2D eigenvalue weighted by Gasteiger charge is -2.11. The molecule has 7 heteroatoms. The van der Waals surface area contributed by atoms with Crippen LogP contribution in [0.15, 0.2) is 18.2 Å². The summed E-state index contributed by atoms with van der Waals surface area (Å²) in [6.45, 7) is 1.32. The number of carbonyl (C=O) groups is 2. The van der Waals surface area contributed by atoms with Crippen molar-refractivity contribution in [1.29, 1.82) is 5.26 Å². The first-order valence-corrected chi connectivity index (χ1v) is 5.32. The predicted molar refractivity (Wildman–Crippen MR) is 65.4 cm³/mol. The summed E-state index contributed by atoms with van der Waals surface area (Å²) in [5, 5.41) is 22.4. The van der Waals surface area contributed by atoms with Gasteiger partial charge in [0.25, 0.3) is 0 Å². The van der Waals surface area contributed by atoms with E-state index in [0.717, 1.165) is 0 Å². The Bertz CT molecular complexity index is 525. The van der Waals surface area contributed by atoms with E-state index in [-0.39, 0.29) is 11.3 Å². The summed E-state index contributed by atoms with van der Waals surface area (Å²) in [5.41, 5.74) is 0.456.